The van der Waals surface area contributed by atoms with Crippen LogP contribution in [0.25, 0.3) is 6.08 Å². The summed E-state index contributed by atoms with van der Waals surface area (Å²) < 4.78 is 11.9. The van der Waals surface area contributed by atoms with Crippen molar-refractivity contribution in [2.75, 3.05) is 6.61 Å². The molecule has 1 heterocycles. The Bertz CT molecular complexity index is 510. The highest BCUT2D eigenvalue weighted by atomic mass is 32.1. The molecule has 1 aliphatic rings. The average Bonchev–Trinajstić information content (AvgIpc) is 2.55. The van der Waals surface area contributed by atoms with E-state index in [2.05, 4.69) is 12.6 Å². The topological polar surface area (TPSA) is 38.7 Å². The molecule has 108 valence electrons. The van der Waals surface area contributed by atoms with Crippen LogP contribution in [0.15, 0.2) is 34.6 Å². The van der Waals surface area contributed by atoms with Crippen LogP contribution in [0, 0.1) is 0 Å². The zero-order valence-electron chi connectivity index (χ0n) is 12.4. The Balaban J connectivity index is 2.26. The van der Waals surface area contributed by atoms with Gasteiger partial charge in [-0.25, -0.2) is 0 Å². The van der Waals surface area contributed by atoms with Crippen molar-refractivity contribution in [2.45, 2.75) is 43.8 Å². The number of aliphatic hydroxyl groups excluding tert-OH is 1. The predicted octanol–water partition coefficient (Wildman–Crippen LogP) is 2.98. The Morgan fingerprint density at radius 2 is 1.85 bits per heavy atom. The second-order valence-corrected chi connectivity index (χ2v) is 6.58. The summed E-state index contributed by atoms with van der Waals surface area (Å²) in [6, 6.07) is 7.73. The van der Waals surface area contributed by atoms with Gasteiger partial charge in [0.2, 0.25) is 0 Å². The fourth-order valence-corrected chi connectivity index (χ4v) is 2.25. The zero-order chi connectivity index (χ0) is 15.0. The smallest absolute Gasteiger partial charge is 0.400 e. The van der Waals surface area contributed by atoms with Crippen molar-refractivity contribution >= 4 is 25.8 Å². The number of hydrogen-bond acceptors (Lipinski definition) is 4. The summed E-state index contributed by atoms with van der Waals surface area (Å²) in [5, 5.41) is 9.61. The molecule has 0 radical (unpaired) electrons. The molecule has 0 aliphatic carbocycles. The normalized spacial score (nSPS) is 21.3. The van der Waals surface area contributed by atoms with Crippen molar-refractivity contribution in [3.8, 4) is 0 Å². The van der Waals surface area contributed by atoms with E-state index < -0.39 is 18.3 Å². The quantitative estimate of drug-likeness (QED) is 0.664. The van der Waals surface area contributed by atoms with Crippen molar-refractivity contribution < 1.29 is 14.4 Å². The molecule has 0 saturated carbocycles. The van der Waals surface area contributed by atoms with Crippen LogP contribution in [0.2, 0.25) is 0 Å². The summed E-state index contributed by atoms with van der Waals surface area (Å²) in [7, 11) is -0.520. The molecular weight excluding hydrogens is 271 g/mol. The third-order valence-electron chi connectivity index (χ3n) is 3.96. The molecule has 1 N–H and O–H groups in total. The number of hydrogen-bond donors (Lipinski definition) is 2. The van der Waals surface area contributed by atoms with Gasteiger partial charge in [-0.1, -0.05) is 18.2 Å². The van der Waals surface area contributed by atoms with Crippen LogP contribution < -0.4 is 0 Å². The first-order chi connectivity index (χ1) is 9.25. The highest BCUT2D eigenvalue weighted by molar-refractivity contribution is 7.80. The van der Waals surface area contributed by atoms with Crippen molar-refractivity contribution in [2.24, 2.45) is 0 Å². The van der Waals surface area contributed by atoms with Gasteiger partial charge in [0.1, 0.15) is 0 Å². The first kappa shape index (κ1) is 15.6. The van der Waals surface area contributed by atoms with Gasteiger partial charge in [-0.2, -0.15) is 0 Å². The maximum Gasteiger partial charge on any atom is 0.492 e. The van der Waals surface area contributed by atoms with Gasteiger partial charge >= 0.3 is 7.12 Å². The van der Waals surface area contributed by atoms with E-state index in [0.717, 1.165) is 10.5 Å². The SMILES string of the molecule is CC1(C)OB(C(=Cc2cccc(S)c2)CO)OC1(C)C. The van der Waals surface area contributed by atoms with Crippen molar-refractivity contribution in [1.82, 2.24) is 0 Å². The van der Waals surface area contributed by atoms with Crippen LogP contribution in [0.1, 0.15) is 33.3 Å². The third kappa shape index (κ3) is 3.12. The Labute approximate surface area is 126 Å². The van der Waals surface area contributed by atoms with E-state index in [1.165, 1.54) is 0 Å². The van der Waals surface area contributed by atoms with E-state index in [4.69, 9.17) is 9.31 Å². The number of benzene rings is 1. The summed E-state index contributed by atoms with van der Waals surface area (Å²) in [4.78, 5) is 0.880. The molecule has 3 nitrogen and oxygen atoms in total. The maximum atomic E-state index is 9.61. The van der Waals surface area contributed by atoms with E-state index in [1.54, 1.807) is 0 Å². The molecular formula is C15H21BO3S. The molecule has 1 aromatic rings. The van der Waals surface area contributed by atoms with Gasteiger partial charge in [-0.3, -0.25) is 0 Å². The van der Waals surface area contributed by atoms with Crippen LogP contribution in [0.4, 0.5) is 0 Å². The van der Waals surface area contributed by atoms with Gasteiger partial charge in [0.05, 0.1) is 17.8 Å². The summed E-state index contributed by atoms with van der Waals surface area (Å²) in [5.74, 6) is 0. The van der Waals surface area contributed by atoms with Gasteiger partial charge in [-0.05, 0) is 50.9 Å². The maximum absolute atomic E-state index is 9.61. The third-order valence-corrected chi connectivity index (χ3v) is 4.24. The molecule has 0 amide bonds. The van der Waals surface area contributed by atoms with E-state index in [9.17, 15) is 5.11 Å². The van der Waals surface area contributed by atoms with Gasteiger partial charge in [0.15, 0.2) is 0 Å². The summed E-state index contributed by atoms with van der Waals surface area (Å²) in [5.41, 5.74) is 0.869. The molecule has 0 spiro atoms. The first-order valence-corrected chi connectivity index (χ1v) is 7.16. The second-order valence-electron chi connectivity index (χ2n) is 6.06. The molecule has 1 saturated heterocycles. The standard InChI is InChI=1S/C15H21BO3S/c1-14(2)15(3,4)19-16(18-14)12(10-17)8-11-6-5-7-13(20)9-11/h5-9,17,20H,10H2,1-4H3. The fraction of sp³-hybridized carbons (Fsp3) is 0.467. The Morgan fingerprint density at radius 1 is 1.25 bits per heavy atom. The minimum atomic E-state index is -0.520. The van der Waals surface area contributed by atoms with Gasteiger partial charge in [0.25, 0.3) is 0 Å². The molecule has 0 unspecified atom stereocenters. The van der Waals surface area contributed by atoms with E-state index in [1.807, 2.05) is 58.0 Å². The lowest BCUT2D eigenvalue weighted by Crippen LogP contribution is -2.41. The van der Waals surface area contributed by atoms with Gasteiger partial charge < -0.3 is 14.4 Å². The Kier molecular flexibility index (Phi) is 4.35. The van der Waals surface area contributed by atoms with Crippen molar-refractivity contribution in [3.63, 3.8) is 0 Å². The van der Waals surface area contributed by atoms with E-state index in [0.29, 0.717) is 5.47 Å². The predicted molar refractivity (Wildman–Crippen MR) is 84.8 cm³/mol. The molecule has 5 heteroatoms. The zero-order valence-corrected chi connectivity index (χ0v) is 13.3. The lowest BCUT2D eigenvalue weighted by atomic mass is 9.77. The van der Waals surface area contributed by atoms with E-state index in [-0.39, 0.29) is 6.61 Å². The molecule has 0 aromatic heterocycles. The highest BCUT2D eigenvalue weighted by Gasteiger charge is 2.52. The summed E-state index contributed by atoms with van der Waals surface area (Å²) >= 11 is 4.32. The fourth-order valence-electron chi connectivity index (χ4n) is 2.01. The van der Waals surface area contributed by atoms with Gasteiger partial charge in [0, 0.05) is 4.90 Å². The molecule has 20 heavy (non-hydrogen) atoms. The van der Waals surface area contributed by atoms with Crippen LogP contribution in [-0.4, -0.2) is 30.0 Å². The van der Waals surface area contributed by atoms with Crippen molar-refractivity contribution in [1.29, 1.82) is 0 Å². The monoisotopic (exact) mass is 292 g/mol. The lowest BCUT2D eigenvalue weighted by Gasteiger charge is -2.32. The second kappa shape index (κ2) is 5.56. The lowest BCUT2D eigenvalue weighted by molar-refractivity contribution is 0.00578. The summed E-state index contributed by atoms with van der Waals surface area (Å²) in [6.45, 7) is 7.88. The molecule has 1 aromatic carbocycles. The molecule has 1 fully saturated rings. The van der Waals surface area contributed by atoms with Crippen LogP contribution in [0.3, 0.4) is 0 Å². The minimum Gasteiger partial charge on any atom is -0.400 e. The average molecular weight is 292 g/mol. The number of rotatable bonds is 3. The van der Waals surface area contributed by atoms with Crippen LogP contribution in [-0.2, 0) is 9.31 Å². The number of thiol groups is 1. The Hall–Kier alpha value is -0.745. The van der Waals surface area contributed by atoms with Crippen LogP contribution >= 0.6 is 12.6 Å². The molecule has 0 atom stereocenters. The largest absolute Gasteiger partial charge is 0.492 e. The van der Waals surface area contributed by atoms with E-state index >= 15 is 0 Å². The van der Waals surface area contributed by atoms with Crippen molar-refractivity contribution in [3.05, 3.63) is 35.3 Å². The molecule has 2 rings (SSSR count). The molecule has 1 aliphatic heterocycles. The number of aliphatic hydroxyl groups is 1. The van der Waals surface area contributed by atoms with Gasteiger partial charge in [-0.15, -0.1) is 12.6 Å². The van der Waals surface area contributed by atoms with Crippen LogP contribution in [0.5, 0.6) is 0 Å². The first-order valence-electron chi connectivity index (χ1n) is 6.71. The minimum absolute atomic E-state index is 0.104. The molecule has 0 bridgehead atoms. The Morgan fingerprint density at radius 3 is 2.35 bits per heavy atom. The highest BCUT2D eigenvalue weighted by Crippen LogP contribution is 2.38. The summed E-state index contributed by atoms with van der Waals surface area (Å²) in [6.07, 6.45) is 1.89.